The molecule has 0 spiro atoms. The molecule has 2 unspecified atom stereocenters. The highest BCUT2D eigenvalue weighted by molar-refractivity contribution is 6.31. The molecule has 1 aromatic rings. The summed E-state index contributed by atoms with van der Waals surface area (Å²) >= 11 is 5.88. The van der Waals surface area contributed by atoms with Gasteiger partial charge in [-0.2, -0.15) is 0 Å². The van der Waals surface area contributed by atoms with Gasteiger partial charge in [0.15, 0.2) is 0 Å². The van der Waals surface area contributed by atoms with Crippen LogP contribution >= 0.6 is 11.6 Å². The molecule has 1 aliphatic heterocycles. The van der Waals surface area contributed by atoms with Crippen LogP contribution in [0.5, 0.6) is 0 Å². The molecule has 2 amide bonds. The lowest BCUT2D eigenvalue weighted by molar-refractivity contribution is 0.0697. The van der Waals surface area contributed by atoms with Gasteiger partial charge in [0, 0.05) is 23.3 Å². The Bertz CT molecular complexity index is 562. The van der Waals surface area contributed by atoms with Crippen molar-refractivity contribution in [3.05, 3.63) is 28.8 Å². The highest BCUT2D eigenvalue weighted by Gasteiger charge is 2.26. The minimum atomic E-state index is -1.08. The number of likely N-dealkylation sites (tertiary alicyclic amines) is 1. The molecule has 0 bridgehead atoms. The second kappa shape index (κ2) is 6.35. The van der Waals surface area contributed by atoms with Gasteiger partial charge in [-0.15, -0.1) is 0 Å². The first-order valence-corrected chi connectivity index (χ1v) is 7.36. The first-order valence-electron chi connectivity index (χ1n) is 6.98. The maximum Gasteiger partial charge on any atom is 0.335 e. The van der Waals surface area contributed by atoms with Crippen LogP contribution < -0.4 is 5.32 Å². The van der Waals surface area contributed by atoms with Crippen molar-refractivity contribution in [2.24, 2.45) is 5.92 Å². The first-order chi connectivity index (χ1) is 9.86. The fraction of sp³-hybridized carbons (Fsp3) is 0.467. The number of amides is 2. The van der Waals surface area contributed by atoms with E-state index in [1.165, 1.54) is 12.1 Å². The summed E-state index contributed by atoms with van der Waals surface area (Å²) in [6.07, 6.45) is 1.96. The third-order valence-corrected chi connectivity index (χ3v) is 4.01. The number of carboxylic acids is 1. The van der Waals surface area contributed by atoms with Crippen molar-refractivity contribution in [2.75, 3.05) is 11.9 Å². The molecule has 2 atom stereocenters. The lowest BCUT2D eigenvalue weighted by Gasteiger charge is -2.36. The summed E-state index contributed by atoms with van der Waals surface area (Å²) in [5, 5.41) is 12.0. The minimum Gasteiger partial charge on any atom is -0.478 e. The summed E-state index contributed by atoms with van der Waals surface area (Å²) in [5.74, 6) is -0.456. The summed E-state index contributed by atoms with van der Waals surface area (Å²) in [4.78, 5) is 25.1. The van der Waals surface area contributed by atoms with Crippen molar-refractivity contribution in [1.82, 2.24) is 4.90 Å². The summed E-state index contributed by atoms with van der Waals surface area (Å²) < 4.78 is 0. The number of aromatic carboxylic acids is 1. The zero-order valence-corrected chi connectivity index (χ0v) is 12.9. The van der Waals surface area contributed by atoms with Gasteiger partial charge < -0.3 is 15.3 Å². The number of carbonyl (C=O) groups is 2. The number of anilines is 1. The normalized spacial score (nSPS) is 22.0. The molecule has 5 nitrogen and oxygen atoms in total. The van der Waals surface area contributed by atoms with Gasteiger partial charge in [-0.3, -0.25) is 0 Å². The Hall–Kier alpha value is -1.75. The Morgan fingerprint density at radius 1 is 1.33 bits per heavy atom. The van der Waals surface area contributed by atoms with E-state index >= 15 is 0 Å². The molecule has 2 N–H and O–H groups in total. The van der Waals surface area contributed by atoms with Gasteiger partial charge >= 0.3 is 12.0 Å². The molecular formula is C15H19ClN2O3. The van der Waals surface area contributed by atoms with Crippen molar-refractivity contribution >= 4 is 29.3 Å². The Morgan fingerprint density at radius 2 is 2.05 bits per heavy atom. The van der Waals surface area contributed by atoms with Crippen LogP contribution in [0.15, 0.2) is 18.2 Å². The van der Waals surface area contributed by atoms with E-state index in [0.29, 0.717) is 18.2 Å². The van der Waals surface area contributed by atoms with Gasteiger partial charge in [0.1, 0.15) is 0 Å². The van der Waals surface area contributed by atoms with E-state index in [9.17, 15) is 9.59 Å². The number of carbonyl (C=O) groups excluding carboxylic acids is 1. The number of hydrogen-bond acceptors (Lipinski definition) is 2. The van der Waals surface area contributed by atoms with E-state index in [0.717, 1.165) is 12.8 Å². The number of benzene rings is 1. The number of nitrogens with one attached hydrogen (secondary N) is 1. The van der Waals surface area contributed by atoms with Crippen LogP contribution in [0, 0.1) is 5.92 Å². The molecule has 6 heteroatoms. The maximum atomic E-state index is 12.3. The fourth-order valence-electron chi connectivity index (χ4n) is 2.69. The molecule has 114 valence electrons. The Labute approximate surface area is 128 Å². The summed E-state index contributed by atoms with van der Waals surface area (Å²) in [6.45, 7) is 4.91. The zero-order chi connectivity index (χ0) is 15.6. The second-order valence-corrected chi connectivity index (χ2v) is 6.07. The molecule has 0 saturated carbocycles. The molecule has 0 aliphatic carbocycles. The number of carboxylic acid groups (broad SMARTS) is 1. The van der Waals surface area contributed by atoms with Gasteiger partial charge in [0.2, 0.25) is 0 Å². The van der Waals surface area contributed by atoms with E-state index in [2.05, 4.69) is 12.2 Å². The molecule has 0 aromatic heterocycles. The van der Waals surface area contributed by atoms with Gasteiger partial charge in [-0.05, 0) is 43.9 Å². The van der Waals surface area contributed by atoms with Crippen LogP contribution in [0.4, 0.5) is 10.5 Å². The Kier molecular flexibility index (Phi) is 4.73. The lowest BCUT2D eigenvalue weighted by atomic mass is 9.94. The summed E-state index contributed by atoms with van der Waals surface area (Å²) in [7, 11) is 0. The maximum absolute atomic E-state index is 12.3. The van der Waals surface area contributed by atoms with Gasteiger partial charge in [0.25, 0.3) is 0 Å². The van der Waals surface area contributed by atoms with Crippen molar-refractivity contribution in [3.8, 4) is 0 Å². The van der Waals surface area contributed by atoms with Gasteiger partial charge in [-0.1, -0.05) is 18.5 Å². The fourth-order valence-corrected chi connectivity index (χ4v) is 2.92. The molecule has 1 aliphatic rings. The van der Waals surface area contributed by atoms with E-state index in [1.54, 1.807) is 11.0 Å². The molecule has 21 heavy (non-hydrogen) atoms. The van der Waals surface area contributed by atoms with Crippen molar-refractivity contribution < 1.29 is 14.7 Å². The average molecular weight is 311 g/mol. The molecule has 1 aromatic carbocycles. The molecular weight excluding hydrogens is 292 g/mol. The molecule has 2 rings (SSSR count). The van der Waals surface area contributed by atoms with Crippen LogP contribution in [0.3, 0.4) is 0 Å². The molecule has 1 saturated heterocycles. The number of hydrogen-bond donors (Lipinski definition) is 2. The van der Waals surface area contributed by atoms with Crippen molar-refractivity contribution in [3.63, 3.8) is 0 Å². The summed E-state index contributed by atoms with van der Waals surface area (Å²) in [6, 6.07) is 4.26. The lowest BCUT2D eigenvalue weighted by Crippen LogP contribution is -2.46. The largest absolute Gasteiger partial charge is 0.478 e. The predicted octanol–water partition coefficient (Wildman–Crippen LogP) is 3.69. The minimum absolute atomic E-state index is 0.0538. The van der Waals surface area contributed by atoms with Crippen LogP contribution in [0.25, 0.3) is 0 Å². The Morgan fingerprint density at radius 3 is 2.67 bits per heavy atom. The number of nitrogens with zero attached hydrogens (tertiary/aromatic N) is 1. The quantitative estimate of drug-likeness (QED) is 0.875. The topological polar surface area (TPSA) is 69.6 Å². The first kappa shape index (κ1) is 15.6. The second-order valence-electron chi connectivity index (χ2n) is 5.64. The molecule has 0 radical (unpaired) electrons. The van der Waals surface area contributed by atoms with E-state index in [4.69, 9.17) is 16.7 Å². The third kappa shape index (κ3) is 3.88. The SMILES string of the molecule is CC1CCN(C(=O)Nc2cc(Cl)cc(C(=O)O)c2)C(C)C1. The zero-order valence-electron chi connectivity index (χ0n) is 12.1. The number of urea groups is 1. The number of rotatable bonds is 2. The number of piperidine rings is 1. The highest BCUT2D eigenvalue weighted by Crippen LogP contribution is 2.24. The van der Waals surface area contributed by atoms with Crippen LogP contribution in [-0.2, 0) is 0 Å². The van der Waals surface area contributed by atoms with E-state index in [1.807, 2.05) is 6.92 Å². The standard InChI is InChI=1S/C15H19ClN2O3/c1-9-3-4-18(10(2)5-9)15(21)17-13-7-11(14(19)20)6-12(16)8-13/h6-10H,3-5H2,1-2H3,(H,17,21)(H,19,20). The highest BCUT2D eigenvalue weighted by atomic mass is 35.5. The average Bonchev–Trinajstić information content (AvgIpc) is 2.37. The van der Waals surface area contributed by atoms with Crippen molar-refractivity contribution in [1.29, 1.82) is 0 Å². The van der Waals surface area contributed by atoms with Crippen LogP contribution in [-0.4, -0.2) is 34.6 Å². The van der Waals surface area contributed by atoms with E-state index in [-0.39, 0.29) is 22.7 Å². The third-order valence-electron chi connectivity index (χ3n) is 3.80. The molecule has 1 fully saturated rings. The van der Waals surface area contributed by atoms with Crippen LogP contribution in [0.2, 0.25) is 5.02 Å². The van der Waals surface area contributed by atoms with Crippen LogP contribution in [0.1, 0.15) is 37.0 Å². The summed E-state index contributed by atoms with van der Waals surface area (Å²) in [5.41, 5.74) is 0.453. The predicted molar refractivity (Wildman–Crippen MR) is 82.0 cm³/mol. The molecule has 1 heterocycles. The number of halogens is 1. The Balaban J connectivity index is 2.11. The smallest absolute Gasteiger partial charge is 0.335 e. The monoisotopic (exact) mass is 310 g/mol. The van der Waals surface area contributed by atoms with Gasteiger partial charge in [0.05, 0.1) is 5.56 Å². The van der Waals surface area contributed by atoms with Gasteiger partial charge in [-0.25, -0.2) is 9.59 Å². The van der Waals surface area contributed by atoms with E-state index < -0.39 is 5.97 Å². The van der Waals surface area contributed by atoms with Crippen molar-refractivity contribution in [2.45, 2.75) is 32.7 Å².